The van der Waals surface area contributed by atoms with Gasteiger partial charge in [-0.2, -0.15) is 0 Å². The summed E-state index contributed by atoms with van der Waals surface area (Å²) in [7, 11) is 5.83. The lowest BCUT2D eigenvalue weighted by atomic mass is 10.1. The predicted octanol–water partition coefficient (Wildman–Crippen LogP) is 2.26. The van der Waals surface area contributed by atoms with Crippen LogP contribution >= 0.6 is 0 Å². The van der Waals surface area contributed by atoms with E-state index < -0.39 is 24.3 Å². The van der Waals surface area contributed by atoms with Crippen molar-refractivity contribution in [2.45, 2.75) is 13.0 Å². The summed E-state index contributed by atoms with van der Waals surface area (Å²) in [6.07, 6.45) is -0.166. The highest BCUT2D eigenvalue weighted by molar-refractivity contribution is 5.81. The summed E-state index contributed by atoms with van der Waals surface area (Å²) in [6, 6.07) is 7.55. The third-order valence-electron chi connectivity index (χ3n) is 4.14. The zero-order chi connectivity index (χ0) is 22.1. The van der Waals surface area contributed by atoms with Crippen LogP contribution in [0.2, 0.25) is 0 Å². The van der Waals surface area contributed by atoms with Crippen LogP contribution in [-0.4, -0.2) is 46.9 Å². The highest BCUT2D eigenvalue weighted by atomic mass is 19.1. The molecule has 0 aliphatic carbocycles. The topological polar surface area (TPSA) is 92.3 Å². The number of benzene rings is 2. The van der Waals surface area contributed by atoms with Crippen LogP contribution in [0.1, 0.15) is 11.1 Å². The quantitative estimate of drug-likeness (QED) is 0.589. The van der Waals surface area contributed by atoms with Crippen molar-refractivity contribution in [2.75, 3.05) is 35.0 Å². The lowest BCUT2D eigenvalue weighted by Gasteiger charge is -2.14. The van der Waals surface area contributed by atoms with Gasteiger partial charge in [-0.25, -0.2) is 4.39 Å². The van der Waals surface area contributed by atoms with Gasteiger partial charge in [-0.15, -0.1) is 0 Å². The number of methoxy groups -OCH3 is 4. The van der Waals surface area contributed by atoms with Crippen LogP contribution in [0.3, 0.4) is 0 Å². The molecule has 0 aromatic heterocycles. The monoisotopic (exact) mass is 421 g/mol. The number of esters is 1. The van der Waals surface area contributed by atoms with Gasteiger partial charge in [0.25, 0.3) is 5.91 Å². The fraction of sp³-hybridized carbons (Fsp3) is 0.333. The van der Waals surface area contributed by atoms with Crippen molar-refractivity contribution in [1.82, 2.24) is 5.32 Å². The molecule has 0 aliphatic rings. The maximum Gasteiger partial charge on any atom is 0.310 e. The molecule has 0 spiro atoms. The number of ether oxygens (including phenoxy) is 5. The van der Waals surface area contributed by atoms with Crippen LogP contribution in [-0.2, 0) is 27.3 Å². The molecule has 1 amide bonds. The van der Waals surface area contributed by atoms with Gasteiger partial charge >= 0.3 is 5.97 Å². The van der Waals surface area contributed by atoms with E-state index in [1.165, 1.54) is 40.6 Å². The van der Waals surface area contributed by atoms with Crippen LogP contribution in [0.15, 0.2) is 30.3 Å². The van der Waals surface area contributed by atoms with E-state index in [1.54, 1.807) is 18.2 Å². The van der Waals surface area contributed by atoms with Crippen molar-refractivity contribution in [3.8, 4) is 23.0 Å². The minimum atomic E-state index is -0.650. The Labute approximate surface area is 173 Å². The third-order valence-corrected chi connectivity index (χ3v) is 4.14. The van der Waals surface area contributed by atoms with E-state index in [9.17, 15) is 14.0 Å². The third kappa shape index (κ3) is 6.00. The Hall–Kier alpha value is -3.49. The SMILES string of the molecule is COc1ccc(CC(=O)OCC(=O)NCc2cc(OC)c(OC)c(OC)c2)cc1F. The molecule has 30 heavy (non-hydrogen) atoms. The number of nitrogens with one attached hydrogen (secondary N) is 1. The van der Waals surface area contributed by atoms with Gasteiger partial charge in [-0.3, -0.25) is 9.59 Å². The summed E-state index contributed by atoms with van der Waals surface area (Å²) in [5, 5.41) is 2.64. The summed E-state index contributed by atoms with van der Waals surface area (Å²) >= 11 is 0. The molecule has 162 valence electrons. The smallest absolute Gasteiger partial charge is 0.310 e. The maximum atomic E-state index is 13.7. The van der Waals surface area contributed by atoms with E-state index in [4.69, 9.17) is 23.7 Å². The Morgan fingerprint density at radius 3 is 2.03 bits per heavy atom. The van der Waals surface area contributed by atoms with E-state index in [0.29, 0.717) is 28.4 Å². The minimum absolute atomic E-state index is 0.0817. The van der Waals surface area contributed by atoms with Crippen LogP contribution < -0.4 is 24.3 Å². The van der Waals surface area contributed by atoms with Crippen molar-refractivity contribution < 1.29 is 37.7 Å². The van der Waals surface area contributed by atoms with Gasteiger partial charge in [0, 0.05) is 6.54 Å². The number of amides is 1. The summed E-state index contributed by atoms with van der Waals surface area (Å²) in [5.74, 6) is -0.276. The van der Waals surface area contributed by atoms with E-state index >= 15 is 0 Å². The highest BCUT2D eigenvalue weighted by Crippen LogP contribution is 2.38. The molecule has 0 fully saturated rings. The Morgan fingerprint density at radius 1 is 0.867 bits per heavy atom. The van der Waals surface area contributed by atoms with E-state index in [1.807, 2.05) is 0 Å². The fourth-order valence-electron chi connectivity index (χ4n) is 2.67. The van der Waals surface area contributed by atoms with Gasteiger partial charge in [0.15, 0.2) is 29.7 Å². The molecule has 0 saturated carbocycles. The predicted molar refractivity (Wildman–Crippen MR) is 106 cm³/mol. The molecule has 0 heterocycles. The zero-order valence-electron chi connectivity index (χ0n) is 17.2. The molecule has 0 radical (unpaired) electrons. The molecule has 0 unspecified atom stereocenters. The zero-order valence-corrected chi connectivity index (χ0v) is 17.2. The first-order valence-corrected chi connectivity index (χ1v) is 8.95. The van der Waals surface area contributed by atoms with Crippen molar-refractivity contribution in [3.63, 3.8) is 0 Å². The molecule has 1 N–H and O–H groups in total. The molecule has 9 heteroatoms. The average molecular weight is 421 g/mol. The van der Waals surface area contributed by atoms with E-state index in [2.05, 4.69) is 5.32 Å². The van der Waals surface area contributed by atoms with Crippen LogP contribution in [0, 0.1) is 5.82 Å². The summed E-state index contributed by atoms with van der Waals surface area (Å²) in [6.45, 7) is -0.293. The standard InChI is InChI=1S/C21H24FNO7/c1-26-16-6-5-13(7-15(16)22)10-20(25)30-12-19(24)23-11-14-8-17(27-2)21(29-4)18(9-14)28-3/h5-9H,10-12H2,1-4H3,(H,23,24). The molecular weight excluding hydrogens is 397 g/mol. The first-order chi connectivity index (χ1) is 14.4. The highest BCUT2D eigenvalue weighted by Gasteiger charge is 2.14. The summed E-state index contributed by atoms with van der Waals surface area (Å²) in [5.41, 5.74) is 1.12. The van der Waals surface area contributed by atoms with Crippen molar-refractivity contribution in [3.05, 3.63) is 47.3 Å². The average Bonchev–Trinajstić information content (AvgIpc) is 2.75. The van der Waals surface area contributed by atoms with Gasteiger partial charge in [-0.05, 0) is 35.4 Å². The Kier molecular flexibility index (Phi) is 8.28. The Morgan fingerprint density at radius 2 is 1.50 bits per heavy atom. The van der Waals surface area contributed by atoms with Crippen molar-refractivity contribution in [2.24, 2.45) is 0 Å². The second kappa shape index (κ2) is 10.9. The number of carbonyl (C=O) groups excluding carboxylic acids is 2. The fourth-order valence-corrected chi connectivity index (χ4v) is 2.67. The van der Waals surface area contributed by atoms with E-state index in [0.717, 1.165) is 0 Å². The number of hydrogen-bond donors (Lipinski definition) is 1. The molecule has 0 atom stereocenters. The van der Waals surface area contributed by atoms with Crippen molar-refractivity contribution in [1.29, 1.82) is 0 Å². The van der Waals surface area contributed by atoms with Gasteiger partial charge in [-0.1, -0.05) is 6.07 Å². The molecule has 2 aromatic rings. The van der Waals surface area contributed by atoms with Crippen LogP contribution in [0.25, 0.3) is 0 Å². The van der Waals surface area contributed by atoms with Crippen molar-refractivity contribution >= 4 is 11.9 Å². The molecule has 0 bridgehead atoms. The number of hydrogen-bond acceptors (Lipinski definition) is 7. The minimum Gasteiger partial charge on any atom is -0.494 e. The first-order valence-electron chi connectivity index (χ1n) is 8.95. The van der Waals surface area contributed by atoms with Crippen LogP contribution in [0.5, 0.6) is 23.0 Å². The van der Waals surface area contributed by atoms with Gasteiger partial charge in [0.2, 0.25) is 5.75 Å². The summed E-state index contributed by atoms with van der Waals surface area (Å²) in [4.78, 5) is 23.9. The van der Waals surface area contributed by atoms with Gasteiger partial charge in [0.05, 0.1) is 34.9 Å². The molecule has 2 rings (SSSR count). The normalized spacial score (nSPS) is 10.2. The molecule has 0 saturated heterocycles. The lowest BCUT2D eigenvalue weighted by Crippen LogP contribution is -2.28. The van der Waals surface area contributed by atoms with Gasteiger partial charge in [0.1, 0.15) is 0 Å². The first kappa shape index (κ1) is 22.8. The largest absolute Gasteiger partial charge is 0.494 e. The second-order valence-corrected chi connectivity index (χ2v) is 6.12. The number of carbonyl (C=O) groups is 2. The van der Waals surface area contributed by atoms with E-state index in [-0.39, 0.29) is 18.7 Å². The Bertz CT molecular complexity index is 876. The molecule has 2 aromatic carbocycles. The maximum absolute atomic E-state index is 13.7. The molecule has 8 nitrogen and oxygen atoms in total. The van der Waals surface area contributed by atoms with Gasteiger partial charge < -0.3 is 29.0 Å². The number of halogens is 1. The lowest BCUT2D eigenvalue weighted by molar-refractivity contribution is -0.147. The Balaban J connectivity index is 1.86. The molecule has 0 aliphatic heterocycles. The molecular formula is C21H24FNO7. The number of rotatable bonds is 10. The second-order valence-electron chi connectivity index (χ2n) is 6.12. The van der Waals surface area contributed by atoms with Crippen LogP contribution in [0.4, 0.5) is 4.39 Å². The summed E-state index contributed by atoms with van der Waals surface area (Å²) < 4.78 is 39.2.